The number of nitrogens with zero attached hydrogens (tertiary/aromatic N) is 3. The number of aromatic nitrogens is 3. The lowest BCUT2D eigenvalue weighted by Gasteiger charge is -2.14. The van der Waals surface area contributed by atoms with E-state index in [4.69, 9.17) is 4.74 Å². The molecule has 2 N–H and O–H groups in total. The molecule has 1 aromatic heterocycles. The number of ether oxygens (including phenoxy) is 1. The lowest BCUT2D eigenvalue weighted by atomic mass is 10.1. The van der Waals surface area contributed by atoms with E-state index in [1.807, 2.05) is 30.3 Å². The molecule has 0 aliphatic carbocycles. The second kappa shape index (κ2) is 7.46. The molecule has 0 fully saturated rings. The van der Waals surface area contributed by atoms with Gasteiger partial charge in [-0.1, -0.05) is 30.3 Å². The predicted molar refractivity (Wildman–Crippen MR) is 105 cm³/mol. The van der Waals surface area contributed by atoms with Crippen molar-refractivity contribution in [3.63, 3.8) is 0 Å². The highest BCUT2D eigenvalue weighted by molar-refractivity contribution is 6.01. The predicted octanol–water partition coefficient (Wildman–Crippen LogP) is 2.22. The summed E-state index contributed by atoms with van der Waals surface area (Å²) in [6.45, 7) is -0.298. The number of aryl methyl sites for hydroxylation is 1. The molecule has 2 aliphatic heterocycles. The van der Waals surface area contributed by atoms with Crippen LogP contribution >= 0.6 is 0 Å². The van der Waals surface area contributed by atoms with Gasteiger partial charge in [0.05, 0.1) is 6.04 Å². The minimum Gasteiger partial charge on any atom is -0.488 e. The van der Waals surface area contributed by atoms with Crippen LogP contribution in [0.2, 0.25) is 0 Å². The van der Waals surface area contributed by atoms with Crippen LogP contribution in [0.1, 0.15) is 34.5 Å². The fourth-order valence-electron chi connectivity index (χ4n) is 3.82. The van der Waals surface area contributed by atoms with Gasteiger partial charge in [-0.15, -0.1) is 5.10 Å². The van der Waals surface area contributed by atoms with Crippen LogP contribution < -0.4 is 15.4 Å². The molecular weight excluding hydrogens is 408 g/mol. The molecule has 10 heteroatoms. The van der Waals surface area contributed by atoms with Crippen LogP contribution in [0.25, 0.3) is 0 Å². The summed E-state index contributed by atoms with van der Waals surface area (Å²) in [6, 6.07) is 10.3. The molecule has 2 aliphatic rings. The van der Waals surface area contributed by atoms with E-state index in [0.717, 1.165) is 18.1 Å². The lowest BCUT2D eigenvalue weighted by Crippen LogP contribution is -2.46. The fraction of sp³-hybridized carbons (Fsp3) is 0.238. The van der Waals surface area contributed by atoms with E-state index < -0.39 is 29.5 Å². The zero-order valence-electron chi connectivity index (χ0n) is 16.1. The van der Waals surface area contributed by atoms with Gasteiger partial charge in [-0.3, -0.25) is 9.59 Å². The number of hydrogen-bond acceptors (Lipinski definition) is 5. The number of rotatable bonds is 3. The van der Waals surface area contributed by atoms with Crippen molar-refractivity contribution in [1.82, 2.24) is 20.1 Å². The summed E-state index contributed by atoms with van der Waals surface area (Å²) < 4.78 is 34.5. The van der Waals surface area contributed by atoms with Gasteiger partial charge in [0, 0.05) is 18.6 Å². The van der Waals surface area contributed by atoms with Gasteiger partial charge in [-0.2, -0.15) is 0 Å². The molecule has 0 spiro atoms. The number of amides is 2. The van der Waals surface area contributed by atoms with E-state index in [1.165, 1.54) is 0 Å². The molecule has 3 aromatic rings. The van der Waals surface area contributed by atoms with Gasteiger partial charge in [-0.05, 0) is 12.0 Å². The Balaban J connectivity index is 1.32. The van der Waals surface area contributed by atoms with Crippen molar-refractivity contribution >= 4 is 17.5 Å². The van der Waals surface area contributed by atoms with Crippen LogP contribution in [-0.4, -0.2) is 39.2 Å². The van der Waals surface area contributed by atoms with Crippen molar-refractivity contribution in [1.29, 1.82) is 0 Å². The van der Waals surface area contributed by atoms with Crippen LogP contribution in [0.4, 0.5) is 14.5 Å². The summed E-state index contributed by atoms with van der Waals surface area (Å²) in [6.07, 6.45) is 1.51. The van der Waals surface area contributed by atoms with Gasteiger partial charge in [0.15, 0.2) is 5.82 Å². The molecule has 3 heterocycles. The monoisotopic (exact) mass is 425 g/mol. The topological polar surface area (TPSA) is 98.1 Å². The second-order valence-corrected chi connectivity index (χ2v) is 7.35. The van der Waals surface area contributed by atoms with Gasteiger partial charge >= 0.3 is 0 Å². The zero-order valence-corrected chi connectivity index (χ0v) is 16.1. The molecule has 1 unspecified atom stereocenters. The van der Waals surface area contributed by atoms with Crippen molar-refractivity contribution in [2.24, 2.45) is 0 Å². The summed E-state index contributed by atoms with van der Waals surface area (Å²) in [4.78, 5) is 29.4. The Morgan fingerprint density at radius 3 is 2.84 bits per heavy atom. The van der Waals surface area contributed by atoms with Crippen molar-refractivity contribution in [3.05, 3.63) is 71.3 Å². The molecule has 0 saturated carbocycles. The van der Waals surface area contributed by atoms with Gasteiger partial charge in [-0.25, -0.2) is 18.4 Å². The van der Waals surface area contributed by atoms with E-state index >= 15 is 0 Å². The molecule has 2 atom stereocenters. The number of anilines is 1. The van der Waals surface area contributed by atoms with Gasteiger partial charge in [0.25, 0.3) is 11.8 Å². The van der Waals surface area contributed by atoms with Gasteiger partial charge < -0.3 is 15.4 Å². The molecular formula is C21H17F2N5O3. The molecule has 0 radical (unpaired) electrons. The Hall–Kier alpha value is -3.82. The van der Waals surface area contributed by atoms with E-state index in [2.05, 4.69) is 20.7 Å². The number of fused-ring (bicyclic) bond motifs is 2. The summed E-state index contributed by atoms with van der Waals surface area (Å²) in [5.41, 5.74) is 0.801. The van der Waals surface area contributed by atoms with E-state index in [1.54, 1.807) is 4.68 Å². The normalized spacial score (nSPS) is 19.6. The summed E-state index contributed by atoms with van der Waals surface area (Å²) >= 11 is 0. The zero-order chi connectivity index (χ0) is 21.5. The number of hydrogen-bond donors (Lipinski definition) is 2. The van der Waals surface area contributed by atoms with Crippen LogP contribution in [0.3, 0.4) is 0 Å². The summed E-state index contributed by atoms with van der Waals surface area (Å²) in [7, 11) is 0. The van der Waals surface area contributed by atoms with E-state index in [9.17, 15) is 18.4 Å². The molecule has 5 rings (SSSR count). The van der Waals surface area contributed by atoms with E-state index in [-0.39, 0.29) is 29.9 Å². The number of benzene rings is 2. The summed E-state index contributed by atoms with van der Waals surface area (Å²) in [5, 5.41) is 9.17. The molecule has 2 aromatic carbocycles. The Kier molecular flexibility index (Phi) is 4.61. The average Bonchev–Trinajstić information content (AvgIpc) is 3.30. The largest absolute Gasteiger partial charge is 0.488 e. The minimum absolute atomic E-state index is 0.0119. The molecule has 158 valence electrons. The maximum absolute atomic E-state index is 14.0. The van der Waals surface area contributed by atoms with Gasteiger partial charge in [0.1, 0.15) is 35.7 Å². The van der Waals surface area contributed by atoms with Crippen molar-refractivity contribution < 1.29 is 23.1 Å². The number of nitrogens with one attached hydrogen (secondary N) is 2. The van der Waals surface area contributed by atoms with E-state index in [0.29, 0.717) is 18.3 Å². The van der Waals surface area contributed by atoms with Crippen molar-refractivity contribution in [2.75, 3.05) is 11.9 Å². The SMILES string of the molecule is O=C(N[C@H]1COc2cc(F)cc(F)c2NC1=O)c1nc2n(n1)C(c1ccccc1)CC2. The third-order valence-electron chi connectivity index (χ3n) is 5.32. The first-order valence-corrected chi connectivity index (χ1v) is 9.73. The van der Waals surface area contributed by atoms with Crippen LogP contribution in [-0.2, 0) is 11.2 Å². The Morgan fingerprint density at radius 1 is 1.23 bits per heavy atom. The van der Waals surface area contributed by atoms with Crippen LogP contribution in [0.5, 0.6) is 5.75 Å². The Morgan fingerprint density at radius 2 is 2.03 bits per heavy atom. The third-order valence-corrected chi connectivity index (χ3v) is 5.32. The molecule has 31 heavy (non-hydrogen) atoms. The molecule has 8 nitrogen and oxygen atoms in total. The lowest BCUT2D eigenvalue weighted by molar-refractivity contribution is -0.118. The maximum Gasteiger partial charge on any atom is 0.291 e. The maximum atomic E-state index is 14.0. The molecule has 0 bridgehead atoms. The van der Waals surface area contributed by atoms with Gasteiger partial charge in [0.2, 0.25) is 5.82 Å². The highest BCUT2D eigenvalue weighted by Gasteiger charge is 2.32. The highest BCUT2D eigenvalue weighted by Crippen LogP contribution is 2.32. The Bertz CT molecular complexity index is 1180. The standard InChI is InChI=1S/C21H17F2N5O3/c22-12-8-13(23)18-16(9-12)31-10-14(20(29)26-18)24-21(30)19-25-17-7-6-15(28(17)27-19)11-4-2-1-3-5-11/h1-5,8-9,14-15H,6-7,10H2,(H,24,30)(H,26,29)/t14-,15?/m0/s1. The minimum atomic E-state index is -1.13. The molecule has 2 amide bonds. The first kappa shape index (κ1) is 19.2. The highest BCUT2D eigenvalue weighted by atomic mass is 19.1. The number of carbonyl (C=O) groups is 2. The van der Waals surface area contributed by atoms with Crippen molar-refractivity contribution in [2.45, 2.75) is 24.9 Å². The third kappa shape index (κ3) is 3.49. The average molecular weight is 425 g/mol. The first-order chi connectivity index (χ1) is 15.0. The molecule has 0 saturated heterocycles. The second-order valence-electron chi connectivity index (χ2n) is 7.35. The quantitative estimate of drug-likeness (QED) is 0.671. The Labute approximate surface area is 175 Å². The first-order valence-electron chi connectivity index (χ1n) is 9.73. The number of halogens is 2. The van der Waals surface area contributed by atoms with Crippen molar-refractivity contribution in [3.8, 4) is 5.75 Å². The van der Waals surface area contributed by atoms with Crippen LogP contribution in [0.15, 0.2) is 42.5 Å². The van der Waals surface area contributed by atoms with Crippen LogP contribution in [0, 0.1) is 11.6 Å². The smallest absolute Gasteiger partial charge is 0.291 e. The fourth-order valence-corrected chi connectivity index (χ4v) is 3.82. The summed E-state index contributed by atoms with van der Waals surface area (Å²) in [5.74, 6) is -2.67. The number of carbonyl (C=O) groups excluding carboxylic acids is 2.